The van der Waals surface area contributed by atoms with Crippen LogP contribution in [0.2, 0.25) is 0 Å². The van der Waals surface area contributed by atoms with Gasteiger partial charge in [-0.05, 0) is 13.3 Å². The number of carboxylic acids is 1. The molecule has 0 spiro atoms. The first kappa shape index (κ1) is 15.8. The van der Waals surface area contributed by atoms with Gasteiger partial charge in [-0.3, -0.25) is 9.63 Å². The lowest BCUT2D eigenvalue weighted by molar-refractivity contribution is -0.709. The minimum absolute atomic E-state index is 0.0544. The van der Waals surface area contributed by atoms with Gasteiger partial charge in [0.25, 0.3) is 6.29 Å². The van der Waals surface area contributed by atoms with Crippen LogP contribution in [0.25, 0.3) is 0 Å². The summed E-state index contributed by atoms with van der Waals surface area (Å²) in [5, 5.41) is 24.7. The van der Waals surface area contributed by atoms with E-state index in [0.29, 0.717) is 6.42 Å². The molecule has 1 fully saturated rings. The molecule has 114 valence electrons. The van der Waals surface area contributed by atoms with Crippen molar-refractivity contribution in [2.45, 2.75) is 26.6 Å². The minimum Gasteiger partial charge on any atom is -0.569 e. The normalized spacial score (nSPS) is 20.4. The van der Waals surface area contributed by atoms with Crippen molar-refractivity contribution in [3.8, 4) is 0 Å². The molecule has 1 N–H and O–H groups in total. The molecule has 1 aliphatic rings. The molecule has 0 aliphatic carbocycles. The van der Waals surface area contributed by atoms with Crippen molar-refractivity contribution in [2.75, 3.05) is 19.7 Å². The number of aliphatic carboxylic acids is 1. The summed E-state index contributed by atoms with van der Waals surface area (Å²) in [7, 11) is 0. The standard InChI is InChI=1S/C10H17N3O7/c1-3-18-10(16)19-7(2)20-11-13(17)12-5-4-8(6-12)9(14)15/h7-8H,3-6H2,1-2H3,(H,14,15)/b13-11-. The van der Waals surface area contributed by atoms with Crippen molar-refractivity contribution in [3.05, 3.63) is 5.21 Å². The molecule has 2 unspecified atom stereocenters. The highest BCUT2D eigenvalue weighted by atomic mass is 16.8. The number of carbonyl (C=O) groups is 2. The number of hydrogen-bond acceptors (Lipinski definition) is 7. The first-order valence-corrected chi connectivity index (χ1v) is 6.09. The maximum atomic E-state index is 11.5. The van der Waals surface area contributed by atoms with Crippen LogP contribution in [-0.4, -0.2) is 53.2 Å². The highest BCUT2D eigenvalue weighted by Gasteiger charge is 2.33. The van der Waals surface area contributed by atoms with Crippen molar-refractivity contribution in [3.63, 3.8) is 0 Å². The third kappa shape index (κ3) is 4.78. The summed E-state index contributed by atoms with van der Waals surface area (Å²) in [4.78, 5) is 26.5. The van der Waals surface area contributed by atoms with Crippen LogP contribution >= 0.6 is 0 Å². The summed E-state index contributed by atoms with van der Waals surface area (Å²) in [5.74, 6) is -1.56. The zero-order valence-corrected chi connectivity index (χ0v) is 11.2. The smallest absolute Gasteiger partial charge is 0.511 e. The van der Waals surface area contributed by atoms with Gasteiger partial charge in [-0.2, -0.15) is 0 Å². The van der Waals surface area contributed by atoms with E-state index in [9.17, 15) is 14.8 Å². The van der Waals surface area contributed by atoms with Crippen LogP contribution in [0.4, 0.5) is 4.79 Å². The first-order valence-electron chi connectivity index (χ1n) is 6.09. The quantitative estimate of drug-likeness (QED) is 0.249. The number of carboxylic acid groups (broad SMARTS) is 1. The minimum atomic E-state index is -1.09. The second kappa shape index (κ2) is 7.36. The first-order chi connectivity index (χ1) is 9.43. The Morgan fingerprint density at radius 2 is 2.30 bits per heavy atom. The van der Waals surface area contributed by atoms with Crippen LogP contribution in [0.3, 0.4) is 0 Å². The maximum absolute atomic E-state index is 11.5. The second-order valence-electron chi connectivity index (χ2n) is 4.04. The van der Waals surface area contributed by atoms with Crippen LogP contribution in [0.5, 0.6) is 0 Å². The fourth-order valence-electron chi connectivity index (χ4n) is 1.57. The van der Waals surface area contributed by atoms with Gasteiger partial charge >= 0.3 is 12.1 Å². The summed E-state index contributed by atoms with van der Waals surface area (Å²) in [6.45, 7) is 3.45. The summed E-state index contributed by atoms with van der Waals surface area (Å²) in [6.07, 6.45) is -1.67. The molecule has 10 heteroatoms. The molecule has 0 radical (unpaired) electrons. The topological polar surface area (TPSA) is 124 Å². The molecule has 20 heavy (non-hydrogen) atoms. The van der Waals surface area contributed by atoms with Gasteiger partial charge in [-0.1, -0.05) is 0 Å². The predicted octanol–water partition coefficient (Wildman–Crippen LogP) is 0.721. The Bertz CT molecular complexity index is 387. The van der Waals surface area contributed by atoms with E-state index in [1.54, 1.807) is 6.92 Å². The number of nitrogens with zero attached hydrogens (tertiary/aromatic N) is 3. The Balaban J connectivity index is 2.38. The van der Waals surface area contributed by atoms with Gasteiger partial charge in [0.15, 0.2) is 0 Å². The molecule has 10 nitrogen and oxygen atoms in total. The monoisotopic (exact) mass is 291 g/mol. The highest BCUT2D eigenvalue weighted by molar-refractivity contribution is 5.70. The summed E-state index contributed by atoms with van der Waals surface area (Å²) >= 11 is 0. The van der Waals surface area contributed by atoms with E-state index >= 15 is 0 Å². The van der Waals surface area contributed by atoms with Gasteiger partial charge in [0.1, 0.15) is 0 Å². The summed E-state index contributed by atoms with van der Waals surface area (Å²) in [6, 6.07) is 0. The lowest BCUT2D eigenvalue weighted by atomic mass is 10.1. The van der Waals surface area contributed by atoms with Crippen LogP contribution < -0.4 is 0 Å². The lowest BCUT2D eigenvalue weighted by Gasteiger charge is -2.13. The van der Waals surface area contributed by atoms with Crippen molar-refractivity contribution >= 4 is 12.1 Å². The number of hydrogen-bond donors (Lipinski definition) is 1. The van der Waals surface area contributed by atoms with Crippen molar-refractivity contribution < 1.29 is 34.0 Å². The molecule has 1 aliphatic heterocycles. The van der Waals surface area contributed by atoms with Gasteiger partial charge in [0, 0.05) is 6.92 Å². The van der Waals surface area contributed by atoms with Crippen LogP contribution in [0.15, 0.2) is 5.28 Å². The zero-order chi connectivity index (χ0) is 15.1. The van der Waals surface area contributed by atoms with E-state index in [0.717, 1.165) is 0 Å². The van der Waals surface area contributed by atoms with Gasteiger partial charge in [0.05, 0.1) is 30.6 Å². The second-order valence-corrected chi connectivity index (χ2v) is 4.04. The van der Waals surface area contributed by atoms with Crippen molar-refractivity contribution in [1.82, 2.24) is 5.01 Å². The summed E-state index contributed by atoms with van der Waals surface area (Å²) in [5.41, 5.74) is 0. The number of carbonyl (C=O) groups excluding carboxylic acids is 1. The van der Waals surface area contributed by atoms with Crippen molar-refractivity contribution in [2.24, 2.45) is 11.2 Å². The molecule has 0 aromatic heterocycles. The zero-order valence-electron chi connectivity index (χ0n) is 11.2. The fraction of sp³-hybridized carbons (Fsp3) is 0.800. The van der Waals surface area contributed by atoms with Gasteiger partial charge in [0.2, 0.25) is 5.28 Å². The number of hydrazine groups is 1. The maximum Gasteiger partial charge on any atom is 0.511 e. The van der Waals surface area contributed by atoms with Crippen LogP contribution in [0.1, 0.15) is 20.3 Å². The van der Waals surface area contributed by atoms with E-state index in [1.807, 2.05) is 0 Å². The lowest BCUT2D eigenvalue weighted by Crippen LogP contribution is -2.30. The van der Waals surface area contributed by atoms with Gasteiger partial charge < -0.3 is 19.8 Å². The van der Waals surface area contributed by atoms with E-state index in [-0.39, 0.29) is 24.7 Å². The average Bonchev–Trinajstić information content (AvgIpc) is 2.86. The molecule has 0 aromatic carbocycles. The predicted molar refractivity (Wildman–Crippen MR) is 62.0 cm³/mol. The molecule has 0 bridgehead atoms. The number of rotatable bonds is 6. The van der Waals surface area contributed by atoms with Crippen LogP contribution in [0, 0.1) is 11.1 Å². The molecule has 1 heterocycles. The Hall–Kier alpha value is -2.26. The Kier molecular flexibility index (Phi) is 5.81. The molecular weight excluding hydrogens is 274 g/mol. The third-order valence-electron chi connectivity index (χ3n) is 2.55. The van der Waals surface area contributed by atoms with Crippen LogP contribution in [-0.2, 0) is 19.1 Å². The Morgan fingerprint density at radius 1 is 1.60 bits per heavy atom. The highest BCUT2D eigenvalue weighted by Crippen LogP contribution is 2.16. The molecule has 1 saturated heterocycles. The molecule has 1 rings (SSSR count). The molecular formula is C10H17N3O7. The van der Waals surface area contributed by atoms with Gasteiger partial charge in [-0.25, -0.2) is 4.79 Å². The van der Waals surface area contributed by atoms with E-state index in [2.05, 4.69) is 19.6 Å². The SMILES string of the molecule is CCOC(=O)OC(C)O/N=[N+](\[O-])N1CCC(C(=O)O)C1. The van der Waals surface area contributed by atoms with E-state index < -0.39 is 24.3 Å². The molecule has 0 aromatic rings. The third-order valence-corrected chi connectivity index (χ3v) is 2.55. The fourth-order valence-corrected chi connectivity index (χ4v) is 1.57. The Morgan fingerprint density at radius 3 is 2.85 bits per heavy atom. The summed E-state index contributed by atoms with van der Waals surface area (Å²) < 4.78 is 9.12. The number of ether oxygens (including phenoxy) is 2. The molecule has 0 saturated carbocycles. The molecule has 0 amide bonds. The van der Waals surface area contributed by atoms with E-state index in [4.69, 9.17) is 5.11 Å². The van der Waals surface area contributed by atoms with Crippen molar-refractivity contribution in [1.29, 1.82) is 0 Å². The molecule has 2 atom stereocenters. The van der Waals surface area contributed by atoms with Gasteiger partial charge in [-0.15, -0.1) is 5.01 Å². The average molecular weight is 291 g/mol. The van der Waals surface area contributed by atoms with E-state index in [1.165, 1.54) is 11.9 Å². The Labute approximate surface area is 115 Å². The largest absolute Gasteiger partial charge is 0.569 e.